The normalized spacial score (nSPS) is 12.0. The van der Waals surface area contributed by atoms with Crippen molar-refractivity contribution in [2.75, 3.05) is 10.0 Å². The number of aromatic amines is 1. The van der Waals surface area contributed by atoms with Crippen LogP contribution in [0, 0.1) is 13.8 Å². The number of amides is 1. The van der Waals surface area contributed by atoms with Crippen LogP contribution in [0.1, 0.15) is 35.1 Å². The molecule has 1 unspecified atom stereocenters. The van der Waals surface area contributed by atoms with E-state index in [2.05, 4.69) is 30.2 Å². The SMILES string of the molecule is CCC(OC(=O)c1ccc(-c2nc(C)c(C)[nH]2)cc1)C(=O)Nc1ccc(S(=O)(=O)Nc2ccc(Cl)nn2)cc1. The predicted octanol–water partition coefficient (Wildman–Crippen LogP) is 4.51. The second kappa shape index (κ2) is 11.6. The van der Waals surface area contributed by atoms with Crippen molar-refractivity contribution in [3.63, 3.8) is 0 Å². The number of imidazole rings is 1. The second-order valence-corrected chi connectivity index (χ2v) is 10.6. The van der Waals surface area contributed by atoms with Gasteiger partial charge in [-0.15, -0.1) is 10.2 Å². The average Bonchev–Trinajstić information content (AvgIpc) is 3.26. The number of ether oxygens (including phenoxy) is 1. The summed E-state index contributed by atoms with van der Waals surface area (Å²) in [7, 11) is -3.94. The highest BCUT2D eigenvalue weighted by atomic mass is 35.5. The zero-order valence-electron chi connectivity index (χ0n) is 21.2. The molecule has 0 aliphatic heterocycles. The monoisotopic (exact) mass is 568 g/mol. The number of hydrogen-bond acceptors (Lipinski definition) is 8. The van der Waals surface area contributed by atoms with Crippen LogP contribution in [0.2, 0.25) is 5.15 Å². The highest BCUT2D eigenvalue weighted by Gasteiger charge is 2.23. The van der Waals surface area contributed by atoms with Crippen molar-refractivity contribution >= 4 is 45.0 Å². The molecule has 1 amide bonds. The van der Waals surface area contributed by atoms with Gasteiger partial charge in [-0.05, 0) is 68.8 Å². The molecule has 3 N–H and O–H groups in total. The van der Waals surface area contributed by atoms with Gasteiger partial charge >= 0.3 is 5.97 Å². The molecule has 1 atom stereocenters. The van der Waals surface area contributed by atoms with Gasteiger partial charge in [-0.25, -0.2) is 18.2 Å². The predicted molar refractivity (Wildman–Crippen MR) is 146 cm³/mol. The maximum absolute atomic E-state index is 12.8. The lowest BCUT2D eigenvalue weighted by Gasteiger charge is -2.16. The van der Waals surface area contributed by atoms with E-state index in [-0.39, 0.29) is 27.9 Å². The molecule has 202 valence electrons. The molecule has 11 nitrogen and oxygen atoms in total. The third-order valence-corrected chi connectivity index (χ3v) is 7.31. The molecule has 0 aliphatic carbocycles. The molecular formula is C26H25ClN6O5S. The minimum absolute atomic E-state index is 0.00480. The number of rotatable bonds is 9. The number of sulfonamides is 1. The van der Waals surface area contributed by atoms with Gasteiger partial charge in [0.05, 0.1) is 16.2 Å². The van der Waals surface area contributed by atoms with Crippen molar-refractivity contribution in [2.45, 2.75) is 38.2 Å². The van der Waals surface area contributed by atoms with Gasteiger partial charge in [0.15, 0.2) is 17.1 Å². The fourth-order valence-electron chi connectivity index (χ4n) is 3.48. The van der Waals surface area contributed by atoms with Crippen molar-refractivity contribution in [3.05, 3.63) is 82.8 Å². The maximum atomic E-state index is 12.8. The smallest absolute Gasteiger partial charge is 0.338 e. The van der Waals surface area contributed by atoms with E-state index in [1.807, 2.05) is 13.8 Å². The van der Waals surface area contributed by atoms with E-state index in [0.717, 1.165) is 17.0 Å². The van der Waals surface area contributed by atoms with E-state index in [4.69, 9.17) is 16.3 Å². The van der Waals surface area contributed by atoms with Gasteiger partial charge < -0.3 is 15.0 Å². The third-order valence-electron chi connectivity index (χ3n) is 5.74. The van der Waals surface area contributed by atoms with Crippen LogP contribution in [-0.2, 0) is 19.6 Å². The Kier molecular flexibility index (Phi) is 8.27. The molecule has 4 rings (SSSR count). The van der Waals surface area contributed by atoms with Crippen LogP contribution in [0.15, 0.2) is 65.6 Å². The van der Waals surface area contributed by atoms with Crippen molar-refractivity contribution in [1.82, 2.24) is 20.2 Å². The summed E-state index contributed by atoms with van der Waals surface area (Å²) in [5.74, 6) is -0.489. The molecule has 0 aliphatic rings. The molecule has 0 fully saturated rings. The summed E-state index contributed by atoms with van der Waals surface area (Å²) in [6.45, 7) is 5.55. The first kappa shape index (κ1) is 27.7. The van der Waals surface area contributed by atoms with Crippen LogP contribution in [0.25, 0.3) is 11.4 Å². The number of nitrogens with one attached hydrogen (secondary N) is 3. The maximum Gasteiger partial charge on any atom is 0.338 e. The summed E-state index contributed by atoms with van der Waals surface area (Å²) < 4.78 is 32.9. The first-order valence-electron chi connectivity index (χ1n) is 11.8. The Morgan fingerprint density at radius 1 is 1.00 bits per heavy atom. The van der Waals surface area contributed by atoms with Gasteiger partial charge in [0.25, 0.3) is 15.9 Å². The number of anilines is 2. The number of hydrogen-bond donors (Lipinski definition) is 3. The molecule has 0 bridgehead atoms. The summed E-state index contributed by atoms with van der Waals surface area (Å²) >= 11 is 5.67. The zero-order valence-corrected chi connectivity index (χ0v) is 22.8. The molecule has 39 heavy (non-hydrogen) atoms. The topological polar surface area (TPSA) is 156 Å². The van der Waals surface area contributed by atoms with Gasteiger partial charge in [-0.3, -0.25) is 9.52 Å². The van der Waals surface area contributed by atoms with Crippen LogP contribution < -0.4 is 10.0 Å². The Bertz CT molecular complexity index is 1570. The molecule has 0 radical (unpaired) electrons. The number of H-pyrrole nitrogens is 1. The fraction of sp³-hybridized carbons (Fsp3) is 0.192. The molecule has 2 aromatic carbocycles. The number of carbonyl (C=O) groups is 2. The first-order chi connectivity index (χ1) is 18.6. The standard InChI is InChI=1S/C26H25ClN6O5S/c1-4-21(38-26(35)18-7-5-17(6-8-18)24-28-15(2)16(3)29-24)25(34)30-19-9-11-20(12-10-19)39(36,37)33-23-14-13-22(27)31-32-23/h5-14,21H,4H2,1-3H3,(H,28,29)(H,30,34)(H,32,33). The third kappa shape index (κ3) is 6.78. The molecule has 4 aromatic rings. The van der Waals surface area contributed by atoms with E-state index in [9.17, 15) is 18.0 Å². The van der Waals surface area contributed by atoms with E-state index in [1.54, 1.807) is 31.2 Å². The Morgan fingerprint density at radius 3 is 2.26 bits per heavy atom. The van der Waals surface area contributed by atoms with Crippen LogP contribution in [0.4, 0.5) is 11.5 Å². The first-order valence-corrected chi connectivity index (χ1v) is 13.7. The van der Waals surface area contributed by atoms with Crippen LogP contribution in [0.5, 0.6) is 0 Å². The Balaban J connectivity index is 1.37. The minimum Gasteiger partial charge on any atom is -0.449 e. The molecular weight excluding hydrogens is 544 g/mol. The lowest BCUT2D eigenvalue weighted by Crippen LogP contribution is -2.32. The largest absolute Gasteiger partial charge is 0.449 e. The Labute approximate surface area is 230 Å². The molecule has 2 aromatic heterocycles. The fourth-order valence-corrected chi connectivity index (χ4v) is 4.57. The van der Waals surface area contributed by atoms with E-state index >= 15 is 0 Å². The number of esters is 1. The number of aromatic nitrogens is 4. The van der Waals surface area contributed by atoms with Gasteiger partial charge in [0, 0.05) is 16.9 Å². The van der Waals surface area contributed by atoms with Gasteiger partial charge in [-0.2, -0.15) is 0 Å². The molecule has 0 saturated carbocycles. The second-order valence-electron chi connectivity index (χ2n) is 8.54. The molecule has 13 heteroatoms. The average molecular weight is 569 g/mol. The minimum atomic E-state index is -3.94. The number of nitrogens with zero attached hydrogens (tertiary/aromatic N) is 3. The highest BCUT2D eigenvalue weighted by Crippen LogP contribution is 2.20. The number of halogens is 1. The summed E-state index contributed by atoms with van der Waals surface area (Å²) in [6.07, 6.45) is -0.819. The Hall–Kier alpha value is -4.29. The summed E-state index contributed by atoms with van der Waals surface area (Å²) in [5, 5.41) is 10.0. The van der Waals surface area contributed by atoms with E-state index < -0.39 is 28.0 Å². The van der Waals surface area contributed by atoms with Crippen molar-refractivity contribution in [1.29, 1.82) is 0 Å². The van der Waals surface area contributed by atoms with Gasteiger partial charge in [-0.1, -0.05) is 30.7 Å². The van der Waals surface area contributed by atoms with Crippen molar-refractivity contribution in [3.8, 4) is 11.4 Å². The lowest BCUT2D eigenvalue weighted by atomic mass is 10.1. The van der Waals surface area contributed by atoms with Gasteiger partial charge in [0.1, 0.15) is 5.82 Å². The molecule has 0 saturated heterocycles. The van der Waals surface area contributed by atoms with Crippen LogP contribution in [0.3, 0.4) is 0 Å². The molecule has 0 spiro atoms. The zero-order chi connectivity index (χ0) is 28.2. The number of carbonyl (C=O) groups excluding carboxylic acids is 2. The van der Waals surface area contributed by atoms with Crippen molar-refractivity contribution < 1.29 is 22.7 Å². The summed E-state index contributed by atoms with van der Waals surface area (Å²) in [4.78, 5) is 33.0. The Morgan fingerprint density at radius 2 is 1.69 bits per heavy atom. The van der Waals surface area contributed by atoms with Gasteiger partial charge in [0.2, 0.25) is 0 Å². The summed E-state index contributed by atoms with van der Waals surface area (Å²) in [6, 6.07) is 15.0. The van der Waals surface area contributed by atoms with Crippen molar-refractivity contribution in [2.24, 2.45) is 0 Å². The molecule has 2 heterocycles. The van der Waals surface area contributed by atoms with E-state index in [0.29, 0.717) is 11.5 Å². The quantitative estimate of drug-likeness (QED) is 0.249. The van der Waals surface area contributed by atoms with E-state index in [1.165, 1.54) is 36.4 Å². The number of aryl methyl sites for hydroxylation is 2. The lowest BCUT2D eigenvalue weighted by molar-refractivity contribution is -0.124. The van der Waals surface area contributed by atoms with Crippen LogP contribution in [-0.4, -0.2) is 46.6 Å². The van der Waals surface area contributed by atoms with Crippen LogP contribution >= 0.6 is 11.6 Å². The number of benzene rings is 2. The highest BCUT2D eigenvalue weighted by molar-refractivity contribution is 7.92. The summed E-state index contributed by atoms with van der Waals surface area (Å²) in [5.41, 5.74) is 3.29.